The van der Waals surface area contributed by atoms with E-state index in [0.717, 1.165) is 5.92 Å². The van der Waals surface area contributed by atoms with Gasteiger partial charge in [0.15, 0.2) is 6.20 Å². The minimum Gasteiger partial charge on any atom is -0.201 e. The lowest BCUT2D eigenvalue weighted by atomic mass is 9.79. The number of rotatable bonds is 1. The van der Waals surface area contributed by atoms with Crippen LogP contribution >= 0.6 is 0 Å². The summed E-state index contributed by atoms with van der Waals surface area (Å²) in [5.41, 5.74) is 10.3. The van der Waals surface area contributed by atoms with Crippen molar-refractivity contribution >= 4 is 0 Å². The van der Waals surface area contributed by atoms with Crippen molar-refractivity contribution in [2.75, 3.05) is 0 Å². The number of nitrogens with zero attached hydrogens (tertiary/aromatic N) is 1. The first kappa shape index (κ1) is 16.2. The maximum absolute atomic E-state index is 2.46. The van der Waals surface area contributed by atoms with Crippen LogP contribution in [-0.4, -0.2) is 0 Å². The molecule has 0 amide bonds. The molecule has 2 aromatic rings. The van der Waals surface area contributed by atoms with Gasteiger partial charge in [0.25, 0.3) is 0 Å². The van der Waals surface area contributed by atoms with Gasteiger partial charge in [-0.25, -0.2) is 4.57 Å². The summed E-state index contributed by atoms with van der Waals surface area (Å²) >= 11 is 0. The molecule has 1 nitrogen and oxygen atoms in total. The average Bonchev–Trinajstić information content (AvgIpc) is 2.85. The van der Waals surface area contributed by atoms with Crippen molar-refractivity contribution in [1.82, 2.24) is 0 Å². The molecule has 0 saturated heterocycles. The van der Waals surface area contributed by atoms with Crippen molar-refractivity contribution in [3.05, 3.63) is 52.2 Å². The molecule has 1 atom stereocenters. The summed E-state index contributed by atoms with van der Waals surface area (Å²) in [5.74, 6) is 0.764. The first-order valence-electron chi connectivity index (χ1n) is 8.76. The van der Waals surface area contributed by atoms with Crippen LogP contribution in [0.3, 0.4) is 0 Å². The molecule has 1 aromatic heterocycles. The van der Waals surface area contributed by atoms with E-state index in [9.17, 15) is 0 Å². The van der Waals surface area contributed by atoms with Gasteiger partial charge in [0, 0.05) is 17.2 Å². The number of aromatic nitrogens is 1. The average molecular weight is 308 g/mol. The van der Waals surface area contributed by atoms with Crippen LogP contribution in [-0.2, 0) is 19.9 Å². The molecule has 1 unspecified atom stereocenters. The van der Waals surface area contributed by atoms with E-state index in [1.807, 2.05) is 0 Å². The molecular weight excluding hydrogens is 278 g/mol. The SMILES string of the molecule is Cc1cc(-c2cc3c(cc2C)CC(C(C)(C)C)C3)[n+](C)cc1C. The zero-order valence-corrected chi connectivity index (χ0v) is 15.7. The molecule has 3 rings (SSSR count). The van der Waals surface area contributed by atoms with Gasteiger partial charge in [0.1, 0.15) is 7.05 Å². The Morgan fingerprint density at radius 1 is 0.870 bits per heavy atom. The lowest BCUT2D eigenvalue weighted by Gasteiger charge is -2.26. The molecule has 0 N–H and O–H groups in total. The Bertz CT molecular complexity index is 763. The van der Waals surface area contributed by atoms with Gasteiger partial charge >= 0.3 is 0 Å². The molecule has 1 aliphatic rings. The quantitative estimate of drug-likeness (QED) is 0.662. The number of pyridine rings is 1. The first-order valence-corrected chi connectivity index (χ1v) is 8.76. The molecule has 0 bridgehead atoms. The van der Waals surface area contributed by atoms with Gasteiger partial charge in [-0.2, -0.15) is 0 Å². The van der Waals surface area contributed by atoms with Gasteiger partial charge in [0.2, 0.25) is 5.69 Å². The summed E-state index contributed by atoms with van der Waals surface area (Å²) < 4.78 is 2.27. The molecule has 0 aliphatic heterocycles. The topological polar surface area (TPSA) is 3.88 Å². The minimum atomic E-state index is 0.387. The maximum Gasteiger partial charge on any atom is 0.212 e. The van der Waals surface area contributed by atoms with E-state index in [4.69, 9.17) is 0 Å². The van der Waals surface area contributed by atoms with E-state index < -0.39 is 0 Å². The zero-order chi connectivity index (χ0) is 16.9. The molecule has 1 heterocycles. The maximum atomic E-state index is 2.46. The van der Waals surface area contributed by atoms with Crippen molar-refractivity contribution in [3.63, 3.8) is 0 Å². The van der Waals surface area contributed by atoms with Gasteiger partial charge in [-0.05, 0) is 73.3 Å². The third-order valence-corrected chi connectivity index (χ3v) is 5.72. The highest BCUT2D eigenvalue weighted by Crippen LogP contribution is 2.40. The van der Waals surface area contributed by atoms with E-state index in [1.54, 1.807) is 11.1 Å². The van der Waals surface area contributed by atoms with Crippen LogP contribution in [0, 0.1) is 32.1 Å². The second-order valence-electron chi connectivity index (χ2n) is 8.54. The van der Waals surface area contributed by atoms with Crippen molar-refractivity contribution in [2.24, 2.45) is 18.4 Å². The molecule has 0 radical (unpaired) electrons. The lowest BCUT2D eigenvalue weighted by molar-refractivity contribution is -0.660. The number of hydrogen-bond donors (Lipinski definition) is 0. The van der Waals surface area contributed by atoms with Crippen LogP contribution in [0.5, 0.6) is 0 Å². The molecule has 0 fully saturated rings. The second kappa shape index (κ2) is 5.47. The van der Waals surface area contributed by atoms with Crippen molar-refractivity contribution < 1.29 is 4.57 Å². The van der Waals surface area contributed by atoms with Crippen LogP contribution < -0.4 is 4.57 Å². The summed E-state index contributed by atoms with van der Waals surface area (Å²) in [4.78, 5) is 0. The van der Waals surface area contributed by atoms with E-state index >= 15 is 0 Å². The molecule has 1 aliphatic carbocycles. The molecular formula is C22H30N+. The summed E-state index contributed by atoms with van der Waals surface area (Å²) in [6.07, 6.45) is 4.70. The number of hydrogen-bond acceptors (Lipinski definition) is 0. The summed E-state index contributed by atoms with van der Waals surface area (Å²) in [6, 6.07) is 7.23. The Morgan fingerprint density at radius 2 is 1.48 bits per heavy atom. The van der Waals surface area contributed by atoms with E-state index in [1.165, 1.54) is 40.8 Å². The Morgan fingerprint density at radius 3 is 2.09 bits per heavy atom. The Hall–Kier alpha value is -1.63. The number of fused-ring (bicyclic) bond motifs is 1. The summed E-state index contributed by atoms with van der Waals surface area (Å²) in [5, 5.41) is 0. The highest BCUT2D eigenvalue weighted by atomic mass is 14.9. The molecule has 0 saturated carbocycles. The second-order valence-corrected chi connectivity index (χ2v) is 8.54. The lowest BCUT2D eigenvalue weighted by Crippen LogP contribution is -2.31. The largest absolute Gasteiger partial charge is 0.212 e. The minimum absolute atomic E-state index is 0.387. The Balaban J connectivity index is 2.07. The molecule has 1 heteroatoms. The normalized spacial score (nSPS) is 17.4. The van der Waals surface area contributed by atoms with Crippen LogP contribution in [0.15, 0.2) is 24.4 Å². The van der Waals surface area contributed by atoms with Crippen molar-refractivity contribution in [2.45, 2.75) is 54.4 Å². The predicted octanol–water partition coefficient (Wildman–Crippen LogP) is 4.86. The highest BCUT2D eigenvalue weighted by molar-refractivity contribution is 5.64. The van der Waals surface area contributed by atoms with Gasteiger partial charge in [-0.3, -0.25) is 0 Å². The summed E-state index contributed by atoms with van der Waals surface area (Å²) in [6.45, 7) is 13.8. The Kier molecular flexibility index (Phi) is 3.86. The van der Waals surface area contributed by atoms with Gasteiger partial charge in [0.05, 0.1) is 0 Å². The van der Waals surface area contributed by atoms with Crippen molar-refractivity contribution in [1.29, 1.82) is 0 Å². The fourth-order valence-corrected chi connectivity index (χ4v) is 3.83. The molecule has 122 valence electrons. The fourth-order valence-electron chi connectivity index (χ4n) is 3.83. The Labute approximate surface area is 141 Å². The van der Waals surface area contributed by atoms with E-state index in [0.29, 0.717) is 5.41 Å². The van der Waals surface area contributed by atoms with E-state index in [2.05, 4.69) is 77.6 Å². The van der Waals surface area contributed by atoms with Crippen LogP contribution in [0.1, 0.15) is 48.6 Å². The third-order valence-electron chi connectivity index (χ3n) is 5.72. The highest BCUT2D eigenvalue weighted by Gasteiger charge is 2.32. The first-order chi connectivity index (χ1) is 10.7. The summed E-state index contributed by atoms with van der Waals surface area (Å²) in [7, 11) is 2.16. The molecule has 0 spiro atoms. The van der Waals surface area contributed by atoms with Crippen molar-refractivity contribution in [3.8, 4) is 11.3 Å². The standard InChI is InChI=1S/C22H30N/c1-14-9-21(23(7)13-16(14)3)20-12-18-11-19(22(4,5)6)10-17(18)8-15(20)2/h8-9,12-13,19H,10-11H2,1-7H3/q+1. The molecule has 1 aromatic carbocycles. The smallest absolute Gasteiger partial charge is 0.201 e. The monoisotopic (exact) mass is 308 g/mol. The van der Waals surface area contributed by atoms with Gasteiger partial charge < -0.3 is 0 Å². The van der Waals surface area contributed by atoms with Gasteiger partial charge in [-0.1, -0.05) is 26.8 Å². The fraction of sp³-hybridized carbons (Fsp3) is 0.500. The van der Waals surface area contributed by atoms with Crippen LogP contribution in [0.2, 0.25) is 0 Å². The number of aryl methyl sites for hydroxylation is 4. The van der Waals surface area contributed by atoms with Crippen LogP contribution in [0.4, 0.5) is 0 Å². The number of benzene rings is 1. The van der Waals surface area contributed by atoms with Crippen LogP contribution in [0.25, 0.3) is 11.3 Å². The third kappa shape index (κ3) is 2.94. The zero-order valence-electron chi connectivity index (χ0n) is 15.7. The molecule has 23 heavy (non-hydrogen) atoms. The predicted molar refractivity (Wildman–Crippen MR) is 97.6 cm³/mol. The van der Waals surface area contributed by atoms with E-state index in [-0.39, 0.29) is 0 Å². The van der Waals surface area contributed by atoms with Gasteiger partial charge in [-0.15, -0.1) is 0 Å².